The molecule has 20 heavy (non-hydrogen) atoms. The van der Waals surface area contributed by atoms with E-state index in [4.69, 9.17) is 0 Å². The van der Waals surface area contributed by atoms with E-state index < -0.39 is 0 Å². The molecule has 0 bridgehead atoms. The lowest BCUT2D eigenvalue weighted by molar-refractivity contribution is 0.155. The minimum absolute atomic E-state index is 0.507. The van der Waals surface area contributed by atoms with Gasteiger partial charge < -0.3 is 5.32 Å². The highest BCUT2D eigenvalue weighted by atomic mass is 14.9. The Morgan fingerprint density at radius 1 is 1.20 bits per heavy atom. The summed E-state index contributed by atoms with van der Waals surface area (Å²) in [6, 6.07) is 4.95. The number of likely N-dealkylation sites (N-methyl/N-ethyl adjacent to an activating group) is 1. The Kier molecular flexibility index (Phi) is 5.59. The molecule has 1 fully saturated rings. The van der Waals surface area contributed by atoms with Crippen LogP contribution in [-0.2, 0) is 6.42 Å². The average molecular weight is 274 g/mol. The van der Waals surface area contributed by atoms with Crippen LogP contribution in [0.15, 0.2) is 24.5 Å². The van der Waals surface area contributed by atoms with Gasteiger partial charge >= 0.3 is 0 Å². The molecule has 0 saturated heterocycles. The number of nitrogens with zero attached hydrogens (tertiary/aromatic N) is 1. The Morgan fingerprint density at radius 3 is 2.40 bits per heavy atom. The molecule has 1 aromatic rings. The maximum atomic E-state index is 4.14. The summed E-state index contributed by atoms with van der Waals surface area (Å²) >= 11 is 0. The van der Waals surface area contributed by atoms with Gasteiger partial charge in [-0.25, -0.2) is 0 Å². The maximum Gasteiger partial charge on any atom is 0.0270 e. The summed E-state index contributed by atoms with van der Waals surface area (Å²) in [5.41, 5.74) is 1.92. The van der Waals surface area contributed by atoms with Crippen LogP contribution in [0.3, 0.4) is 0 Å². The predicted octanol–water partition coefficient (Wildman–Crippen LogP) is 4.21. The fourth-order valence-electron chi connectivity index (χ4n) is 4.09. The summed E-state index contributed by atoms with van der Waals surface area (Å²) < 4.78 is 0. The molecule has 0 radical (unpaired) electrons. The van der Waals surface area contributed by atoms with E-state index in [9.17, 15) is 0 Å². The third-order valence-corrected chi connectivity index (χ3v) is 4.79. The Balaban J connectivity index is 2.16. The van der Waals surface area contributed by atoms with Crippen molar-refractivity contribution >= 4 is 0 Å². The van der Waals surface area contributed by atoms with Crippen molar-refractivity contribution < 1.29 is 0 Å². The number of nitrogens with one attached hydrogen (secondary N) is 1. The monoisotopic (exact) mass is 274 g/mol. The van der Waals surface area contributed by atoms with E-state index in [1.807, 2.05) is 12.4 Å². The maximum absolute atomic E-state index is 4.14. The van der Waals surface area contributed by atoms with Crippen LogP contribution in [0.5, 0.6) is 0 Å². The molecule has 2 nitrogen and oxygen atoms in total. The van der Waals surface area contributed by atoms with Gasteiger partial charge in [-0.05, 0) is 61.3 Å². The lowest BCUT2D eigenvalue weighted by atomic mass is 9.71. The molecule has 1 aromatic heterocycles. The number of hydrogen-bond acceptors (Lipinski definition) is 2. The second-order valence-electron chi connectivity index (χ2n) is 6.84. The highest BCUT2D eigenvalue weighted by Gasteiger charge is 2.40. The molecule has 1 aliphatic rings. The topological polar surface area (TPSA) is 24.9 Å². The van der Waals surface area contributed by atoms with Gasteiger partial charge in [-0.3, -0.25) is 4.98 Å². The molecule has 1 N–H and O–H groups in total. The highest BCUT2D eigenvalue weighted by molar-refractivity contribution is 5.13. The van der Waals surface area contributed by atoms with Gasteiger partial charge in [0.25, 0.3) is 0 Å². The Morgan fingerprint density at radius 2 is 1.85 bits per heavy atom. The Labute approximate surface area is 124 Å². The molecule has 1 saturated carbocycles. The van der Waals surface area contributed by atoms with Gasteiger partial charge in [0.05, 0.1) is 0 Å². The molecule has 1 unspecified atom stereocenters. The lowest BCUT2D eigenvalue weighted by Gasteiger charge is -2.40. The molecule has 2 heteroatoms. The summed E-state index contributed by atoms with van der Waals surface area (Å²) in [5.74, 6) is 0.784. The van der Waals surface area contributed by atoms with Gasteiger partial charge in [0.1, 0.15) is 0 Å². The summed E-state index contributed by atoms with van der Waals surface area (Å²) in [6.45, 7) is 8.04. The Bertz CT molecular complexity index is 380. The Hall–Kier alpha value is -0.890. The van der Waals surface area contributed by atoms with Crippen molar-refractivity contribution in [3.63, 3.8) is 0 Å². The first kappa shape index (κ1) is 15.5. The predicted molar refractivity (Wildman–Crippen MR) is 85.8 cm³/mol. The summed E-state index contributed by atoms with van der Waals surface area (Å²) in [7, 11) is 0. The zero-order valence-electron chi connectivity index (χ0n) is 13.4. The van der Waals surface area contributed by atoms with Crippen molar-refractivity contribution in [3.8, 4) is 0 Å². The van der Waals surface area contributed by atoms with E-state index in [1.165, 1.54) is 37.7 Å². The average Bonchev–Trinajstić information content (AvgIpc) is 2.88. The summed E-state index contributed by atoms with van der Waals surface area (Å²) in [5, 5.41) is 3.80. The van der Waals surface area contributed by atoms with Crippen molar-refractivity contribution in [1.29, 1.82) is 0 Å². The standard InChI is InChI=1S/C18H30N2/c1-4-20-17(13-16-7-11-19-12-8-16)18(14-15(2)3)9-5-6-10-18/h7-8,11-12,15,17,20H,4-6,9-10,13-14H2,1-3H3. The van der Waals surface area contributed by atoms with Gasteiger partial charge in [-0.15, -0.1) is 0 Å². The largest absolute Gasteiger partial charge is 0.313 e. The first-order valence-corrected chi connectivity index (χ1v) is 8.28. The van der Waals surface area contributed by atoms with Crippen LogP contribution < -0.4 is 5.32 Å². The first-order valence-electron chi connectivity index (χ1n) is 8.28. The minimum atomic E-state index is 0.507. The second-order valence-corrected chi connectivity index (χ2v) is 6.84. The summed E-state index contributed by atoms with van der Waals surface area (Å²) in [6.07, 6.45) is 11.9. The fourth-order valence-corrected chi connectivity index (χ4v) is 4.09. The SMILES string of the molecule is CCNC(Cc1ccncc1)C1(CC(C)C)CCCC1. The van der Waals surface area contributed by atoms with Crippen LogP contribution in [-0.4, -0.2) is 17.6 Å². The lowest BCUT2D eigenvalue weighted by Crippen LogP contribution is -2.46. The molecule has 1 heterocycles. The van der Waals surface area contributed by atoms with E-state index >= 15 is 0 Å². The van der Waals surface area contributed by atoms with Crippen molar-refractivity contribution in [2.75, 3.05) is 6.54 Å². The summed E-state index contributed by atoms with van der Waals surface area (Å²) in [4.78, 5) is 4.14. The van der Waals surface area contributed by atoms with E-state index in [2.05, 4.69) is 43.2 Å². The van der Waals surface area contributed by atoms with Crippen LogP contribution in [0.2, 0.25) is 0 Å². The van der Waals surface area contributed by atoms with Gasteiger partial charge in [0, 0.05) is 18.4 Å². The van der Waals surface area contributed by atoms with Crippen molar-refractivity contribution in [3.05, 3.63) is 30.1 Å². The van der Waals surface area contributed by atoms with E-state index in [0.717, 1.165) is 18.9 Å². The van der Waals surface area contributed by atoms with Gasteiger partial charge in [-0.2, -0.15) is 0 Å². The quantitative estimate of drug-likeness (QED) is 0.805. The van der Waals surface area contributed by atoms with Crippen LogP contribution >= 0.6 is 0 Å². The number of aromatic nitrogens is 1. The number of pyridine rings is 1. The number of hydrogen-bond donors (Lipinski definition) is 1. The van der Waals surface area contributed by atoms with Gasteiger partial charge in [-0.1, -0.05) is 33.6 Å². The van der Waals surface area contributed by atoms with Gasteiger partial charge in [0.15, 0.2) is 0 Å². The third-order valence-electron chi connectivity index (χ3n) is 4.79. The molecule has 2 rings (SSSR count). The molecule has 0 amide bonds. The molecule has 1 atom stereocenters. The molecule has 0 aromatic carbocycles. The molecular weight excluding hydrogens is 244 g/mol. The molecule has 0 aliphatic heterocycles. The van der Waals surface area contributed by atoms with Crippen LogP contribution in [0, 0.1) is 11.3 Å². The highest BCUT2D eigenvalue weighted by Crippen LogP contribution is 2.46. The molecule has 112 valence electrons. The third kappa shape index (κ3) is 3.82. The minimum Gasteiger partial charge on any atom is -0.313 e. The van der Waals surface area contributed by atoms with Crippen molar-refractivity contribution in [2.24, 2.45) is 11.3 Å². The van der Waals surface area contributed by atoms with E-state index in [0.29, 0.717) is 11.5 Å². The normalized spacial score (nSPS) is 19.4. The molecule has 0 spiro atoms. The van der Waals surface area contributed by atoms with Crippen LogP contribution in [0.4, 0.5) is 0 Å². The van der Waals surface area contributed by atoms with Crippen LogP contribution in [0.25, 0.3) is 0 Å². The number of rotatable bonds is 7. The fraction of sp³-hybridized carbons (Fsp3) is 0.722. The zero-order chi connectivity index (χ0) is 14.4. The van der Waals surface area contributed by atoms with E-state index in [-0.39, 0.29) is 0 Å². The molecule has 1 aliphatic carbocycles. The first-order chi connectivity index (χ1) is 9.66. The van der Waals surface area contributed by atoms with Crippen molar-refractivity contribution in [2.45, 2.75) is 65.3 Å². The molecular formula is C18H30N2. The second kappa shape index (κ2) is 7.21. The van der Waals surface area contributed by atoms with Crippen molar-refractivity contribution in [1.82, 2.24) is 10.3 Å². The van der Waals surface area contributed by atoms with E-state index in [1.54, 1.807) is 0 Å². The van der Waals surface area contributed by atoms with Gasteiger partial charge in [0.2, 0.25) is 0 Å². The smallest absolute Gasteiger partial charge is 0.0270 e. The zero-order valence-corrected chi connectivity index (χ0v) is 13.4. The van der Waals surface area contributed by atoms with Crippen LogP contribution in [0.1, 0.15) is 58.4 Å².